The van der Waals surface area contributed by atoms with Gasteiger partial charge in [-0.25, -0.2) is 0 Å². The fourth-order valence-electron chi connectivity index (χ4n) is 9.15. The van der Waals surface area contributed by atoms with Gasteiger partial charge in [-0.1, -0.05) is 194 Å². The van der Waals surface area contributed by atoms with Crippen LogP contribution in [0.3, 0.4) is 0 Å². The summed E-state index contributed by atoms with van der Waals surface area (Å²) in [4.78, 5) is 2.35. The topological polar surface area (TPSA) is 3.24 Å². The first-order valence-electron chi connectivity index (χ1n) is 20.7. The van der Waals surface area contributed by atoms with Crippen LogP contribution in [0.25, 0.3) is 11.1 Å². The van der Waals surface area contributed by atoms with Gasteiger partial charge >= 0.3 is 0 Å². The second-order valence-corrected chi connectivity index (χ2v) is 18.5. The molecule has 57 heavy (non-hydrogen) atoms. The first-order valence-corrected chi connectivity index (χ1v) is 20.7. The molecular formula is C56H57N. The van der Waals surface area contributed by atoms with Gasteiger partial charge in [0.2, 0.25) is 0 Å². The third-order valence-corrected chi connectivity index (χ3v) is 13.4. The lowest BCUT2D eigenvalue weighted by Gasteiger charge is -2.44. The molecule has 1 heteroatoms. The van der Waals surface area contributed by atoms with Gasteiger partial charge in [-0.2, -0.15) is 0 Å². The minimum atomic E-state index is -0.233. The van der Waals surface area contributed by atoms with Crippen LogP contribution < -0.4 is 4.90 Å². The minimum absolute atomic E-state index is 0.0417. The van der Waals surface area contributed by atoms with E-state index in [4.69, 9.17) is 0 Å². The number of hydrogen-bond acceptors (Lipinski definition) is 1. The van der Waals surface area contributed by atoms with Gasteiger partial charge in [0.05, 0.1) is 0 Å². The molecule has 0 amide bonds. The highest BCUT2D eigenvalue weighted by Gasteiger charge is 2.46. The molecule has 0 saturated carbocycles. The van der Waals surface area contributed by atoms with Crippen molar-refractivity contribution in [2.24, 2.45) is 0 Å². The molecule has 0 unspecified atom stereocenters. The number of fused-ring (bicyclic) bond motifs is 3. The summed E-state index contributed by atoms with van der Waals surface area (Å²) in [5.74, 6) is 0. The maximum Gasteiger partial charge on any atom is 0.0461 e. The Morgan fingerprint density at radius 2 is 0.789 bits per heavy atom. The van der Waals surface area contributed by atoms with Crippen LogP contribution in [0.1, 0.15) is 93.0 Å². The molecule has 1 aliphatic carbocycles. The predicted molar refractivity (Wildman–Crippen MR) is 244 cm³/mol. The van der Waals surface area contributed by atoms with Crippen molar-refractivity contribution in [1.82, 2.24) is 0 Å². The lowest BCUT2D eigenvalue weighted by atomic mass is 9.60. The van der Waals surface area contributed by atoms with Gasteiger partial charge < -0.3 is 4.90 Å². The smallest absolute Gasteiger partial charge is 0.0461 e. The Labute approximate surface area is 342 Å². The molecule has 7 aromatic rings. The van der Waals surface area contributed by atoms with Gasteiger partial charge in [-0.05, 0) is 122 Å². The Morgan fingerprint density at radius 1 is 0.404 bits per heavy atom. The fraction of sp³-hybridized carbons (Fsp3) is 0.250. The van der Waals surface area contributed by atoms with Gasteiger partial charge in [0.25, 0.3) is 0 Å². The molecule has 0 fully saturated rings. The maximum atomic E-state index is 2.60. The number of nitrogens with zero attached hydrogens (tertiary/aromatic N) is 1. The lowest BCUT2D eigenvalue weighted by molar-refractivity contribution is 0.302. The molecule has 286 valence electrons. The summed E-state index contributed by atoms with van der Waals surface area (Å²) in [6, 6.07) is 65.9. The van der Waals surface area contributed by atoms with Crippen molar-refractivity contribution in [2.75, 3.05) is 4.90 Å². The standard InChI is InChI=1S/C56H57N/c1-40-24-30-47(31-25-40)57(46-22-16-11-17-23-46)48-32-26-43(27-33-48)54(5,6)55(7,8)45-29-35-50-49-34-28-44(53(2,3)4)36-51(49)56(52(50)37-45,38-41-18-12-9-13-19-41)39-42-20-14-10-15-21-42/h9-37H,38-39H2,1-8H3. The quantitative estimate of drug-likeness (QED) is 0.135. The van der Waals surface area contributed by atoms with E-state index in [0.717, 1.165) is 29.9 Å². The van der Waals surface area contributed by atoms with Crippen LogP contribution >= 0.6 is 0 Å². The molecular weight excluding hydrogens is 687 g/mol. The highest BCUT2D eigenvalue weighted by atomic mass is 15.1. The summed E-state index contributed by atoms with van der Waals surface area (Å²) in [7, 11) is 0. The van der Waals surface area contributed by atoms with Crippen LogP contribution in [0.2, 0.25) is 0 Å². The van der Waals surface area contributed by atoms with Crippen molar-refractivity contribution in [1.29, 1.82) is 0 Å². The Morgan fingerprint density at radius 3 is 1.28 bits per heavy atom. The van der Waals surface area contributed by atoms with E-state index in [2.05, 4.69) is 236 Å². The first kappa shape index (κ1) is 38.2. The Bertz CT molecular complexity index is 2420. The number of anilines is 3. The molecule has 0 heterocycles. The van der Waals surface area contributed by atoms with E-state index in [0.29, 0.717) is 0 Å². The number of rotatable bonds is 10. The van der Waals surface area contributed by atoms with Gasteiger partial charge in [0.15, 0.2) is 0 Å². The van der Waals surface area contributed by atoms with Crippen molar-refractivity contribution in [3.63, 3.8) is 0 Å². The zero-order chi connectivity index (χ0) is 40.0. The van der Waals surface area contributed by atoms with E-state index in [9.17, 15) is 0 Å². The maximum absolute atomic E-state index is 2.60. The normalized spacial score (nSPS) is 13.5. The number of benzene rings is 7. The van der Waals surface area contributed by atoms with E-state index in [1.54, 1.807) is 0 Å². The minimum Gasteiger partial charge on any atom is -0.311 e. The molecule has 7 aromatic carbocycles. The molecule has 1 aliphatic rings. The van der Waals surface area contributed by atoms with Crippen LogP contribution in [-0.2, 0) is 34.5 Å². The predicted octanol–water partition coefficient (Wildman–Crippen LogP) is 14.8. The molecule has 0 spiro atoms. The SMILES string of the molecule is Cc1ccc(N(c2ccccc2)c2ccc(C(C)(C)C(C)(C)c3ccc4c(c3)C(Cc3ccccc3)(Cc3ccccc3)c3cc(C(C)(C)C)ccc3-4)cc2)cc1. The van der Waals surface area contributed by atoms with Crippen LogP contribution in [0.4, 0.5) is 17.1 Å². The summed E-state index contributed by atoms with van der Waals surface area (Å²) in [6.07, 6.45) is 1.87. The molecule has 8 rings (SSSR count). The highest BCUT2D eigenvalue weighted by molar-refractivity contribution is 5.83. The van der Waals surface area contributed by atoms with Gasteiger partial charge in [-0.3, -0.25) is 0 Å². The molecule has 1 nitrogen and oxygen atoms in total. The van der Waals surface area contributed by atoms with Crippen LogP contribution in [0.15, 0.2) is 176 Å². The summed E-state index contributed by atoms with van der Waals surface area (Å²) in [5.41, 5.74) is 16.6. The molecule has 0 aromatic heterocycles. The van der Waals surface area contributed by atoms with E-state index < -0.39 is 0 Å². The number of hydrogen-bond donors (Lipinski definition) is 0. The molecule has 0 atom stereocenters. The van der Waals surface area contributed by atoms with Gasteiger partial charge in [0.1, 0.15) is 0 Å². The Hall–Kier alpha value is -5.66. The average Bonchev–Trinajstić information content (AvgIpc) is 3.47. The zero-order valence-electron chi connectivity index (χ0n) is 35.1. The molecule has 0 N–H and O–H groups in total. The third-order valence-electron chi connectivity index (χ3n) is 13.4. The number of para-hydroxylation sites is 1. The van der Waals surface area contributed by atoms with Gasteiger partial charge in [-0.15, -0.1) is 0 Å². The molecule has 0 saturated heterocycles. The summed E-state index contributed by atoms with van der Waals surface area (Å²) < 4.78 is 0. The van der Waals surface area contributed by atoms with E-state index >= 15 is 0 Å². The largest absolute Gasteiger partial charge is 0.311 e. The Kier molecular flexibility index (Phi) is 9.85. The second kappa shape index (κ2) is 14.7. The average molecular weight is 744 g/mol. The van der Waals surface area contributed by atoms with Gasteiger partial charge in [0, 0.05) is 22.5 Å². The third kappa shape index (κ3) is 7.03. The van der Waals surface area contributed by atoms with Crippen molar-refractivity contribution in [2.45, 2.75) is 89.9 Å². The Balaban J connectivity index is 1.23. The van der Waals surface area contributed by atoms with Crippen LogP contribution in [-0.4, -0.2) is 0 Å². The first-order chi connectivity index (χ1) is 27.3. The van der Waals surface area contributed by atoms with Crippen molar-refractivity contribution >= 4 is 17.1 Å². The van der Waals surface area contributed by atoms with E-state index in [1.165, 1.54) is 55.6 Å². The molecule has 0 radical (unpaired) electrons. The molecule has 0 aliphatic heterocycles. The van der Waals surface area contributed by atoms with E-state index in [1.807, 2.05) is 0 Å². The molecule has 0 bridgehead atoms. The zero-order valence-corrected chi connectivity index (χ0v) is 35.1. The van der Waals surface area contributed by atoms with Crippen LogP contribution in [0.5, 0.6) is 0 Å². The second-order valence-electron chi connectivity index (χ2n) is 18.5. The fourth-order valence-corrected chi connectivity index (χ4v) is 9.15. The van der Waals surface area contributed by atoms with Crippen molar-refractivity contribution < 1.29 is 0 Å². The summed E-state index contributed by atoms with van der Waals surface area (Å²) >= 11 is 0. The highest BCUT2D eigenvalue weighted by Crippen LogP contribution is 2.55. The number of aryl methyl sites for hydroxylation is 1. The summed E-state index contributed by atoms with van der Waals surface area (Å²) in [5, 5.41) is 0. The van der Waals surface area contributed by atoms with E-state index in [-0.39, 0.29) is 21.7 Å². The van der Waals surface area contributed by atoms with Crippen molar-refractivity contribution in [3.8, 4) is 11.1 Å². The monoisotopic (exact) mass is 743 g/mol. The van der Waals surface area contributed by atoms with Crippen LogP contribution in [0, 0.1) is 6.92 Å². The summed E-state index contributed by atoms with van der Waals surface area (Å²) in [6.45, 7) is 18.9. The lowest BCUT2D eigenvalue weighted by Crippen LogP contribution is -2.40. The van der Waals surface area contributed by atoms with Crippen molar-refractivity contribution in [3.05, 3.63) is 220 Å².